The second kappa shape index (κ2) is 4.82. The SMILES string of the molecule is CC1CCCCN1C(=O)C1CNC(=O)CN1. The number of hydrogen-bond acceptors (Lipinski definition) is 3. The number of nitrogens with one attached hydrogen (secondary N) is 2. The highest BCUT2D eigenvalue weighted by Crippen LogP contribution is 2.17. The molecule has 2 amide bonds. The largest absolute Gasteiger partial charge is 0.353 e. The molecule has 2 saturated heterocycles. The van der Waals surface area contributed by atoms with Crippen LogP contribution < -0.4 is 10.6 Å². The first-order valence-electron chi connectivity index (χ1n) is 5.99. The Hall–Kier alpha value is -1.10. The molecule has 0 saturated carbocycles. The van der Waals surface area contributed by atoms with Crippen LogP contribution in [0.2, 0.25) is 0 Å². The maximum absolute atomic E-state index is 12.2. The highest BCUT2D eigenvalue weighted by Gasteiger charge is 2.31. The molecule has 2 unspecified atom stereocenters. The van der Waals surface area contributed by atoms with Crippen molar-refractivity contribution in [2.24, 2.45) is 0 Å². The van der Waals surface area contributed by atoms with Crippen LogP contribution in [-0.2, 0) is 9.59 Å². The van der Waals surface area contributed by atoms with Gasteiger partial charge in [-0.25, -0.2) is 0 Å². The Labute approximate surface area is 95.6 Å². The molecule has 0 aromatic heterocycles. The quantitative estimate of drug-likeness (QED) is 0.631. The third kappa shape index (κ3) is 2.35. The van der Waals surface area contributed by atoms with Gasteiger partial charge < -0.3 is 10.2 Å². The number of carbonyl (C=O) groups is 2. The van der Waals surface area contributed by atoms with E-state index in [4.69, 9.17) is 0 Å². The number of likely N-dealkylation sites (tertiary alicyclic amines) is 1. The summed E-state index contributed by atoms with van der Waals surface area (Å²) in [4.78, 5) is 25.1. The van der Waals surface area contributed by atoms with Gasteiger partial charge in [-0.05, 0) is 26.2 Å². The van der Waals surface area contributed by atoms with E-state index in [2.05, 4.69) is 17.6 Å². The Bertz CT molecular complexity index is 283. The molecule has 0 aromatic rings. The molecule has 2 N–H and O–H groups in total. The molecular formula is C11H19N3O2. The van der Waals surface area contributed by atoms with Gasteiger partial charge >= 0.3 is 0 Å². The maximum Gasteiger partial charge on any atom is 0.241 e. The van der Waals surface area contributed by atoms with Gasteiger partial charge in [0.05, 0.1) is 6.54 Å². The Kier molecular flexibility index (Phi) is 3.43. The number of hydrogen-bond donors (Lipinski definition) is 2. The van der Waals surface area contributed by atoms with E-state index in [1.807, 2.05) is 4.90 Å². The minimum absolute atomic E-state index is 0.0317. The first-order chi connectivity index (χ1) is 7.68. The normalized spacial score (nSPS) is 31.1. The zero-order valence-corrected chi connectivity index (χ0v) is 9.66. The van der Waals surface area contributed by atoms with Crippen LogP contribution in [0.25, 0.3) is 0 Å². The van der Waals surface area contributed by atoms with E-state index in [1.54, 1.807) is 0 Å². The van der Waals surface area contributed by atoms with Crippen LogP contribution >= 0.6 is 0 Å². The number of nitrogens with zero attached hydrogens (tertiary/aromatic N) is 1. The fourth-order valence-corrected chi connectivity index (χ4v) is 2.37. The Morgan fingerprint density at radius 1 is 1.44 bits per heavy atom. The molecule has 2 atom stereocenters. The van der Waals surface area contributed by atoms with Gasteiger partial charge in [0, 0.05) is 19.1 Å². The summed E-state index contributed by atoms with van der Waals surface area (Å²) >= 11 is 0. The Morgan fingerprint density at radius 3 is 2.88 bits per heavy atom. The molecule has 16 heavy (non-hydrogen) atoms. The van der Waals surface area contributed by atoms with Crippen LogP contribution in [0.15, 0.2) is 0 Å². The standard InChI is InChI=1S/C11H19N3O2/c1-8-4-2-3-5-14(8)11(16)9-6-13-10(15)7-12-9/h8-9,12H,2-7H2,1H3,(H,13,15). The van der Waals surface area contributed by atoms with Gasteiger partial charge in [-0.3, -0.25) is 14.9 Å². The number of rotatable bonds is 1. The fraction of sp³-hybridized carbons (Fsp3) is 0.818. The van der Waals surface area contributed by atoms with Crippen molar-refractivity contribution in [3.63, 3.8) is 0 Å². The van der Waals surface area contributed by atoms with Crippen LogP contribution in [0.4, 0.5) is 0 Å². The molecule has 5 nitrogen and oxygen atoms in total. The second-order valence-corrected chi connectivity index (χ2v) is 4.61. The van der Waals surface area contributed by atoms with Crippen molar-refractivity contribution in [1.82, 2.24) is 15.5 Å². The van der Waals surface area contributed by atoms with Crippen LogP contribution in [0.1, 0.15) is 26.2 Å². The molecule has 0 radical (unpaired) electrons. The molecule has 0 aliphatic carbocycles. The van der Waals surface area contributed by atoms with Crippen molar-refractivity contribution in [3.8, 4) is 0 Å². The van der Waals surface area contributed by atoms with Crippen molar-refractivity contribution in [2.75, 3.05) is 19.6 Å². The van der Waals surface area contributed by atoms with Gasteiger partial charge in [0.25, 0.3) is 0 Å². The van der Waals surface area contributed by atoms with Gasteiger partial charge in [0.15, 0.2) is 0 Å². The molecule has 0 bridgehead atoms. The minimum Gasteiger partial charge on any atom is -0.353 e. The summed E-state index contributed by atoms with van der Waals surface area (Å²) in [6, 6.07) is 0.0962. The van der Waals surface area contributed by atoms with E-state index in [9.17, 15) is 9.59 Å². The van der Waals surface area contributed by atoms with Gasteiger partial charge in [-0.15, -0.1) is 0 Å². The monoisotopic (exact) mass is 225 g/mol. The Balaban J connectivity index is 1.93. The van der Waals surface area contributed by atoms with Gasteiger partial charge in [-0.1, -0.05) is 0 Å². The lowest BCUT2D eigenvalue weighted by Gasteiger charge is -2.37. The summed E-state index contributed by atoms with van der Waals surface area (Å²) in [5, 5.41) is 5.70. The molecule has 2 fully saturated rings. The van der Waals surface area contributed by atoms with E-state index in [-0.39, 0.29) is 24.4 Å². The molecule has 0 aromatic carbocycles. The topological polar surface area (TPSA) is 61.4 Å². The lowest BCUT2D eigenvalue weighted by atomic mass is 10.0. The molecule has 90 valence electrons. The average Bonchev–Trinajstić information content (AvgIpc) is 2.30. The molecule has 2 heterocycles. The maximum atomic E-state index is 12.2. The first kappa shape index (κ1) is 11.4. The van der Waals surface area contributed by atoms with E-state index < -0.39 is 0 Å². The highest BCUT2D eigenvalue weighted by molar-refractivity contribution is 5.87. The van der Waals surface area contributed by atoms with Crippen molar-refractivity contribution in [2.45, 2.75) is 38.3 Å². The number of piperidine rings is 1. The van der Waals surface area contributed by atoms with E-state index >= 15 is 0 Å². The summed E-state index contributed by atoms with van der Waals surface area (Å²) < 4.78 is 0. The summed E-state index contributed by atoms with van der Waals surface area (Å²) in [5.74, 6) is 0.0999. The van der Waals surface area contributed by atoms with E-state index in [0.717, 1.165) is 19.4 Å². The predicted octanol–water partition coefficient (Wildman–Crippen LogP) is -0.525. The number of carbonyl (C=O) groups excluding carboxylic acids is 2. The van der Waals surface area contributed by atoms with E-state index in [1.165, 1.54) is 6.42 Å². The average molecular weight is 225 g/mol. The van der Waals surface area contributed by atoms with Crippen LogP contribution in [0.5, 0.6) is 0 Å². The summed E-state index contributed by atoms with van der Waals surface area (Å²) in [7, 11) is 0. The zero-order valence-electron chi connectivity index (χ0n) is 9.66. The zero-order chi connectivity index (χ0) is 11.5. The molecule has 5 heteroatoms. The molecule has 0 spiro atoms. The molecule has 2 rings (SSSR count). The lowest BCUT2D eigenvalue weighted by Crippen LogP contribution is -2.60. The number of amides is 2. The van der Waals surface area contributed by atoms with Gasteiger partial charge in [0.1, 0.15) is 6.04 Å². The minimum atomic E-state index is -0.238. The third-order valence-electron chi connectivity index (χ3n) is 3.40. The summed E-state index contributed by atoms with van der Waals surface area (Å²) in [5.41, 5.74) is 0. The van der Waals surface area contributed by atoms with Crippen molar-refractivity contribution < 1.29 is 9.59 Å². The summed E-state index contributed by atoms with van der Waals surface area (Å²) in [6.07, 6.45) is 3.39. The van der Waals surface area contributed by atoms with Crippen molar-refractivity contribution in [3.05, 3.63) is 0 Å². The molecular weight excluding hydrogens is 206 g/mol. The predicted molar refractivity (Wildman–Crippen MR) is 59.8 cm³/mol. The lowest BCUT2D eigenvalue weighted by molar-refractivity contribution is -0.137. The second-order valence-electron chi connectivity index (χ2n) is 4.61. The van der Waals surface area contributed by atoms with Crippen molar-refractivity contribution in [1.29, 1.82) is 0 Å². The van der Waals surface area contributed by atoms with Crippen LogP contribution in [-0.4, -0.2) is 48.4 Å². The van der Waals surface area contributed by atoms with Crippen molar-refractivity contribution >= 4 is 11.8 Å². The molecule has 2 aliphatic rings. The van der Waals surface area contributed by atoms with Gasteiger partial charge in [0.2, 0.25) is 11.8 Å². The first-order valence-corrected chi connectivity index (χ1v) is 5.99. The fourth-order valence-electron chi connectivity index (χ4n) is 2.37. The molecule has 2 aliphatic heterocycles. The highest BCUT2D eigenvalue weighted by atomic mass is 16.2. The Morgan fingerprint density at radius 2 is 2.25 bits per heavy atom. The summed E-state index contributed by atoms with van der Waals surface area (Å²) in [6.45, 7) is 3.62. The third-order valence-corrected chi connectivity index (χ3v) is 3.40. The van der Waals surface area contributed by atoms with E-state index in [0.29, 0.717) is 12.6 Å². The van der Waals surface area contributed by atoms with Crippen LogP contribution in [0.3, 0.4) is 0 Å². The van der Waals surface area contributed by atoms with Crippen LogP contribution in [0, 0.1) is 0 Å². The van der Waals surface area contributed by atoms with Gasteiger partial charge in [-0.2, -0.15) is 0 Å². The number of piperazine rings is 1. The smallest absolute Gasteiger partial charge is 0.241 e.